The minimum atomic E-state index is -0.435. The lowest BCUT2D eigenvalue weighted by Crippen LogP contribution is -2.03. The van der Waals surface area contributed by atoms with Crippen LogP contribution in [0.15, 0.2) is 36.4 Å². The van der Waals surface area contributed by atoms with Crippen LogP contribution in [0, 0.1) is 0 Å². The molecule has 2 nitrogen and oxygen atoms in total. The lowest BCUT2D eigenvalue weighted by Gasteiger charge is -2.13. The molecule has 0 aromatic heterocycles. The molecule has 108 valence electrons. The highest BCUT2D eigenvalue weighted by molar-refractivity contribution is 5.37. The van der Waals surface area contributed by atoms with Gasteiger partial charge in [-0.05, 0) is 52.6 Å². The van der Waals surface area contributed by atoms with Crippen LogP contribution in [-0.4, -0.2) is 5.11 Å². The summed E-state index contributed by atoms with van der Waals surface area (Å²) < 4.78 is 5.44. The van der Waals surface area contributed by atoms with Crippen LogP contribution >= 0.6 is 0 Å². The summed E-state index contributed by atoms with van der Waals surface area (Å²) >= 11 is 0. The maximum Gasteiger partial charge on any atom is 0.0830 e. The van der Waals surface area contributed by atoms with Crippen molar-refractivity contribution in [3.8, 4) is 0 Å². The van der Waals surface area contributed by atoms with Crippen molar-refractivity contribution in [1.82, 2.24) is 0 Å². The molecule has 1 unspecified atom stereocenters. The SMILES string of the molecule is OC(Cc1ccc2c(c1)CCC2)c1ccc2c(c1)COC2. The molecule has 0 fully saturated rings. The van der Waals surface area contributed by atoms with Gasteiger partial charge in [-0.15, -0.1) is 0 Å². The van der Waals surface area contributed by atoms with E-state index in [2.05, 4.69) is 30.3 Å². The number of rotatable bonds is 3. The van der Waals surface area contributed by atoms with Gasteiger partial charge >= 0.3 is 0 Å². The second kappa shape index (κ2) is 5.28. The van der Waals surface area contributed by atoms with Gasteiger partial charge in [0.2, 0.25) is 0 Å². The van der Waals surface area contributed by atoms with Crippen molar-refractivity contribution < 1.29 is 9.84 Å². The summed E-state index contributed by atoms with van der Waals surface area (Å²) in [6.45, 7) is 1.38. The molecule has 1 aliphatic carbocycles. The molecule has 0 radical (unpaired) electrons. The smallest absolute Gasteiger partial charge is 0.0830 e. The van der Waals surface area contributed by atoms with E-state index >= 15 is 0 Å². The van der Waals surface area contributed by atoms with E-state index in [9.17, 15) is 5.11 Å². The molecule has 1 N–H and O–H groups in total. The standard InChI is InChI=1S/C19H20O2/c20-19(16-6-7-17-11-21-12-18(17)10-16)9-13-4-5-14-2-1-3-15(14)8-13/h4-8,10,19-20H,1-3,9,11-12H2. The largest absolute Gasteiger partial charge is 0.388 e. The van der Waals surface area contributed by atoms with Crippen LogP contribution in [0.5, 0.6) is 0 Å². The molecule has 1 aliphatic heterocycles. The Morgan fingerprint density at radius 1 is 0.905 bits per heavy atom. The number of benzene rings is 2. The number of hydrogen-bond acceptors (Lipinski definition) is 2. The number of fused-ring (bicyclic) bond motifs is 2. The van der Waals surface area contributed by atoms with Crippen molar-refractivity contribution in [1.29, 1.82) is 0 Å². The minimum absolute atomic E-state index is 0.435. The average Bonchev–Trinajstić information content (AvgIpc) is 3.14. The lowest BCUT2D eigenvalue weighted by atomic mass is 9.96. The summed E-state index contributed by atoms with van der Waals surface area (Å²) in [5.41, 5.74) is 7.67. The Balaban J connectivity index is 1.54. The summed E-state index contributed by atoms with van der Waals surface area (Å²) in [5, 5.41) is 10.5. The van der Waals surface area contributed by atoms with Crippen LogP contribution in [0.3, 0.4) is 0 Å². The van der Waals surface area contributed by atoms with Crippen molar-refractivity contribution in [3.63, 3.8) is 0 Å². The Morgan fingerprint density at radius 2 is 1.71 bits per heavy atom. The van der Waals surface area contributed by atoms with Crippen LogP contribution in [0.2, 0.25) is 0 Å². The molecule has 2 heteroatoms. The van der Waals surface area contributed by atoms with Crippen LogP contribution in [0.4, 0.5) is 0 Å². The van der Waals surface area contributed by atoms with Gasteiger partial charge in [0.25, 0.3) is 0 Å². The average molecular weight is 280 g/mol. The van der Waals surface area contributed by atoms with Gasteiger partial charge in [-0.25, -0.2) is 0 Å². The third-order valence-electron chi connectivity index (χ3n) is 4.72. The third-order valence-corrected chi connectivity index (χ3v) is 4.72. The summed E-state index contributed by atoms with van der Waals surface area (Å²) in [6.07, 6.45) is 3.92. The van der Waals surface area contributed by atoms with E-state index in [1.54, 1.807) is 0 Å². The molecule has 0 spiro atoms. The first kappa shape index (κ1) is 13.1. The fourth-order valence-electron chi connectivity index (χ4n) is 3.49. The first-order valence-electron chi connectivity index (χ1n) is 7.78. The molecule has 0 saturated heterocycles. The normalized spacial score (nSPS) is 17.6. The van der Waals surface area contributed by atoms with Gasteiger partial charge in [0, 0.05) is 6.42 Å². The molecule has 1 heterocycles. The predicted octanol–water partition coefficient (Wildman–Crippen LogP) is 3.48. The Hall–Kier alpha value is -1.64. The van der Waals surface area contributed by atoms with Crippen molar-refractivity contribution in [3.05, 3.63) is 69.8 Å². The molecule has 2 aromatic carbocycles. The van der Waals surface area contributed by atoms with Crippen molar-refractivity contribution in [2.24, 2.45) is 0 Å². The monoisotopic (exact) mass is 280 g/mol. The molecule has 1 atom stereocenters. The minimum Gasteiger partial charge on any atom is -0.388 e. The van der Waals surface area contributed by atoms with Gasteiger partial charge in [-0.3, -0.25) is 0 Å². The molecule has 21 heavy (non-hydrogen) atoms. The molecule has 0 saturated carbocycles. The quantitative estimate of drug-likeness (QED) is 0.932. The van der Waals surface area contributed by atoms with E-state index in [1.165, 1.54) is 47.1 Å². The van der Waals surface area contributed by atoms with Crippen LogP contribution in [0.25, 0.3) is 0 Å². The van der Waals surface area contributed by atoms with Crippen LogP contribution < -0.4 is 0 Å². The van der Waals surface area contributed by atoms with E-state index in [0.29, 0.717) is 19.6 Å². The van der Waals surface area contributed by atoms with E-state index in [1.807, 2.05) is 6.07 Å². The van der Waals surface area contributed by atoms with Gasteiger partial charge < -0.3 is 9.84 Å². The molecule has 2 aromatic rings. The fourth-order valence-corrected chi connectivity index (χ4v) is 3.49. The lowest BCUT2D eigenvalue weighted by molar-refractivity contribution is 0.134. The summed E-state index contributed by atoms with van der Waals surface area (Å²) in [6, 6.07) is 12.9. The fraction of sp³-hybridized carbons (Fsp3) is 0.368. The Kier molecular flexibility index (Phi) is 3.28. The van der Waals surface area contributed by atoms with Gasteiger partial charge in [0.05, 0.1) is 19.3 Å². The number of aliphatic hydroxyl groups is 1. The number of aliphatic hydroxyl groups excluding tert-OH is 1. The summed E-state index contributed by atoms with van der Waals surface area (Å²) in [4.78, 5) is 0. The molecule has 4 rings (SSSR count). The van der Waals surface area contributed by atoms with E-state index in [-0.39, 0.29) is 0 Å². The Morgan fingerprint density at radius 3 is 2.67 bits per heavy atom. The maximum atomic E-state index is 10.5. The van der Waals surface area contributed by atoms with Gasteiger partial charge in [-0.1, -0.05) is 36.4 Å². The maximum absolute atomic E-state index is 10.5. The number of ether oxygens (including phenoxy) is 1. The van der Waals surface area contributed by atoms with Crippen molar-refractivity contribution in [2.45, 2.75) is 45.0 Å². The Labute approximate surface area is 125 Å². The summed E-state index contributed by atoms with van der Waals surface area (Å²) in [7, 11) is 0. The number of aryl methyl sites for hydroxylation is 2. The Bertz CT molecular complexity index is 675. The van der Waals surface area contributed by atoms with Gasteiger partial charge in [0.15, 0.2) is 0 Å². The highest BCUT2D eigenvalue weighted by Gasteiger charge is 2.16. The molecule has 0 bridgehead atoms. The zero-order chi connectivity index (χ0) is 14.2. The van der Waals surface area contributed by atoms with E-state index < -0.39 is 6.10 Å². The van der Waals surface area contributed by atoms with Crippen LogP contribution in [0.1, 0.15) is 45.9 Å². The second-order valence-corrected chi connectivity index (χ2v) is 6.20. The van der Waals surface area contributed by atoms with Gasteiger partial charge in [-0.2, -0.15) is 0 Å². The molecular weight excluding hydrogens is 260 g/mol. The van der Waals surface area contributed by atoms with Crippen molar-refractivity contribution in [2.75, 3.05) is 0 Å². The van der Waals surface area contributed by atoms with Crippen LogP contribution in [-0.2, 0) is 37.2 Å². The van der Waals surface area contributed by atoms with Gasteiger partial charge in [0.1, 0.15) is 0 Å². The molecular formula is C19H20O2. The first-order chi connectivity index (χ1) is 10.3. The predicted molar refractivity (Wildman–Crippen MR) is 82.1 cm³/mol. The third kappa shape index (κ3) is 2.50. The zero-order valence-electron chi connectivity index (χ0n) is 12.1. The number of hydrogen-bond donors (Lipinski definition) is 1. The van der Waals surface area contributed by atoms with E-state index in [0.717, 1.165) is 5.56 Å². The topological polar surface area (TPSA) is 29.5 Å². The zero-order valence-corrected chi connectivity index (χ0v) is 12.1. The molecule has 0 amide bonds. The highest BCUT2D eigenvalue weighted by atomic mass is 16.5. The van der Waals surface area contributed by atoms with E-state index in [4.69, 9.17) is 4.74 Å². The first-order valence-corrected chi connectivity index (χ1v) is 7.78. The molecule has 2 aliphatic rings. The van der Waals surface area contributed by atoms with Crippen molar-refractivity contribution >= 4 is 0 Å². The summed E-state index contributed by atoms with van der Waals surface area (Å²) in [5.74, 6) is 0. The highest BCUT2D eigenvalue weighted by Crippen LogP contribution is 2.28. The second-order valence-electron chi connectivity index (χ2n) is 6.20.